The molecule has 0 aliphatic heterocycles. The molecule has 0 saturated carbocycles. The first-order chi connectivity index (χ1) is 19.7. The van der Waals surface area contributed by atoms with Crippen LogP contribution in [-0.4, -0.2) is 42.5 Å². The minimum Gasteiger partial charge on any atom is -0.497 e. The van der Waals surface area contributed by atoms with Crippen LogP contribution >= 0.6 is 23.2 Å². The molecule has 0 radical (unpaired) electrons. The van der Waals surface area contributed by atoms with Crippen molar-refractivity contribution in [1.29, 1.82) is 0 Å². The zero-order valence-corrected chi connectivity index (χ0v) is 23.7. The fourth-order valence-electron chi connectivity index (χ4n) is 4.74. The molecule has 0 saturated heterocycles. The number of Topliss-reactive ketones (excluding diaryl/α,β-unsaturated/α-hetero) is 1. The Morgan fingerprint density at radius 2 is 1.73 bits per heavy atom. The van der Waals surface area contributed by atoms with Gasteiger partial charge in [0, 0.05) is 25.1 Å². The zero-order valence-electron chi connectivity index (χ0n) is 22.2. The number of carbonyl (C=O) groups is 4. The Labute approximate surface area is 247 Å². The lowest BCUT2D eigenvalue weighted by Crippen LogP contribution is -2.41. The number of hydrogen-bond acceptors (Lipinski definition) is 5. The minimum atomic E-state index is -1.26. The second-order valence-electron chi connectivity index (χ2n) is 9.66. The van der Waals surface area contributed by atoms with Crippen molar-refractivity contribution in [1.82, 2.24) is 16.0 Å². The highest BCUT2D eigenvalue weighted by atomic mass is 35.5. The second kappa shape index (κ2) is 13.5. The average Bonchev–Trinajstić information content (AvgIpc) is 3.36. The van der Waals surface area contributed by atoms with Crippen molar-refractivity contribution in [2.24, 2.45) is 5.92 Å². The third-order valence-electron chi connectivity index (χ3n) is 6.90. The Bertz CT molecular complexity index is 1460. The van der Waals surface area contributed by atoms with E-state index in [1.807, 2.05) is 30.3 Å². The van der Waals surface area contributed by atoms with Gasteiger partial charge in [0.25, 0.3) is 5.91 Å². The molecule has 0 fully saturated rings. The van der Waals surface area contributed by atoms with Gasteiger partial charge in [0.1, 0.15) is 5.75 Å². The summed E-state index contributed by atoms with van der Waals surface area (Å²) in [6.07, 6.45) is 1.14. The highest BCUT2D eigenvalue weighted by Gasteiger charge is 2.28. The number of fused-ring (bicyclic) bond motifs is 1. The van der Waals surface area contributed by atoms with Crippen molar-refractivity contribution in [3.63, 3.8) is 0 Å². The number of carboxylic acids is 1. The van der Waals surface area contributed by atoms with Gasteiger partial charge in [0.15, 0.2) is 5.78 Å². The van der Waals surface area contributed by atoms with Gasteiger partial charge in [-0.2, -0.15) is 0 Å². The standard InChI is InChI=1S/C30H29Cl2N3O6/c1-41-21-7-4-5-17(11-21)15-33-28(37)19-12-23(31)27(24(32)13-19)26(36)14-20(29(38)39)16-34-30(40)35-25-10-9-18-6-2-3-8-22(18)25/h2-8,11-13,20,25H,9-10,14-16H2,1H3,(H,33,37)(H,38,39)(H2,34,35,40). The van der Waals surface area contributed by atoms with Crippen LogP contribution < -0.4 is 20.7 Å². The van der Waals surface area contributed by atoms with Crippen molar-refractivity contribution in [2.75, 3.05) is 13.7 Å². The first-order valence-electron chi connectivity index (χ1n) is 12.9. The van der Waals surface area contributed by atoms with E-state index in [0.29, 0.717) is 5.75 Å². The molecule has 3 amide bonds. The molecule has 0 spiro atoms. The Morgan fingerprint density at radius 3 is 2.44 bits per heavy atom. The van der Waals surface area contributed by atoms with Gasteiger partial charge >= 0.3 is 12.0 Å². The normalized spacial score (nSPS) is 14.5. The lowest BCUT2D eigenvalue weighted by atomic mass is 9.97. The summed E-state index contributed by atoms with van der Waals surface area (Å²) in [5.74, 6) is -2.91. The van der Waals surface area contributed by atoms with E-state index in [9.17, 15) is 24.3 Å². The van der Waals surface area contributed by atoms with Crippen LogP contribution in [0.25, 0.3) is 0 Å². The quantitative estimate of drug-likeness (QED) is 0.225. The van der Waals surface area contributed by atoms with E-state index in [1.54, 1.807) is 25.3 Å². The zero-order chi connectivity index (χ0) is 29.5. The van der Waals surface area contributed by atoms with Gasteiger partial charge in [-0.1, -0.05) is 59.6 Å². The lowest BCUT2D eigenvalue weighted by molar-refractivity contribution is -0.141. The fraction of sp³-hybridized carbons (Fsp3) is 0.267. The molecule has 1 aliphatic rings. The molecular formula is C30H29Cl2N3O6. The third-order valence-corrected chi connectivity index (χ3v) is 7.49. The van der Waals surface area contributed by atoms with Crippen molar-refractivity contribution in [3.8, 4) is 5.75 Å². The number of rotatable bonds is 11. The summed E-state index contributed by atoms with van der Waals surface area (Å²) in [5.41, 5.74) is 3.07. The number of ketones is 1. The van der Waals surface area contributed by atoms with Crippen LogP contribution in [0.1, 0.15) is 56.3 Å². The van der Waals surface area contributed by atoms with Crippen LogP contribution in [0.3, 0.4) is 0 Å². The summed E-state index contributed by atoms with van der Waals surface area (Å²) in [7, 11) is 1.55. The molecule has 9 nitrogen and oxygen atoms in total. The molecule has 41 heavy (non-hydrogen) atoms. The summed E-state index contributed by atoms with van der Waals surface area (Å²) in [6, 6.07) is 16.9. The number of benzene rings is 3. The molecule has 3 aromatic carbocycles. The van der Waals surface area contributed by atoms with E-state index >= 15 is 0 Å². The van der Waals surface area contributed by atoms with Gasteiger partial charge < -0.3 is 25.8 Å². The summed E-state index contributed by atoms with van der Waals surface area (Å²) < 4.78 is 5.18. The maximum Gasteiger partial charge on any atom is 0.315 e. The molecule has 0 bridgehead atoms. The molecule has 2 atom stereocenters. The number of aryl methyl sites for hydroxylation is 1. The smallest absolute Gasteiger partial charge is 0.315 e. The number of urea groups is 1. The molecule has 3 aromatic rings. The van der Waals surface area contributed by atoms with Gasteiger partial charge in [0.2, 0.25) is 0 Å². The van der Waals surface area contributed by atoms with Gasteiger partial charge in [-0.3, -0.25) is 14.4 Å². The highest BCUT2D eigenvalue weighted by Crippen LogP contribution is 2.31. The number of hydrogen-bond donors (Lipinski definition) is 4. The number of ether oxygens (including phenoxy) is 1. The van der Waals surface area contributed by atoms with Crippen LogP contribution in [0, 0.1) is 5.92 Å². The predicted octanol–water partition coefficient (Wildman–Crippen LogP) is 5.19. The van der Waals surface area contributed by atoms with Crippen molar-refractivity contribution < 1.29 is 29.0 Å². The van der Waals surface area contributed by atoms with Gasteiger partial charge in [0.05, 0.1) is 34.7 Å². The molecule has 0 heterocycles. The summed E-state index contributed by atoms with van der Waals surface area (Å²) in [6.45, 7) is -0.0542. The maximum atomic E-state index is 13.0. The topological polar surface area (TPSA) is 134 Å². The fourth-order valence-corrected chi connectivity index (χ4v) is 5.44. The number of nitrogens with one attached hydrogen (secondary N) is 3. The Morgan fingerprint density at radius 1 is 1.00 bits per heavy atom. The first-order valence-corrected chi connectivity index (χ1v) is 13.7. The lowest BCUT2D eigenvalue weighted by Gasteiger charge is -2.17. The van der Waals surface area contributed by atoms with Gasteiger partial charge in [-0.05, 0) is 53.8 Å². The molecule has 1 aliphatic carbocycles. The van der Waals surface area contributed by atoms with E-state index in [-0.39, 0.29) is 40.3 Å². The third kappa shape index (κ3) is 7.56. The number of carbonyl (C=O) groups excluding carboxylic acids is 3. The first kappa shape index (κ1) is 29.9. The predicted molar refractivity (Wildman–Crippen MR) is 155 cm³/mol. The minimum absolute atomic E-state index is 0.0798. The second-order valence-corrected chi connectivity index (χ2v) is 10.5. The van der Waals surface area contributed by atoms with Crippen molar-refractivity contribution in [2.45, 2.75) is 31.8 Å². The van der Waals surface area contributed by atoms with Crippen molar-refractivity contribution >= 4 is 46.9 Å². The van der Waals surface area contributed by atoms with E-state index in [2.05, 4.69) is 16.0 Å². The van der Waals surface area contributed by atoms with Gasteiger partial charge in [-0.25, -0.2) is 4.79 Å². The molecule has 0 aromatic heterocycles. The van der Waals surface area contributed by atoms with Crippen LogP contribution in [0.15, 0.2) is 60.7 Å². The van der Waals surface area contributed by atoms with Crippen LogP contribution in [-0.2, 0) is 17.8 Å². The number of halogens is 2. The van der Waals surface area contributed by atoms with Gasteiger partial charge in [-0.15, -0.1) is 0 Å². The molecule has 214 valence electrons. The Balaban J connectivity index is 1.35. The Hall–Kier alpha value is -4.08. The highest BCUT2D eigenvalue weighted by molar-refractivity contribution is 6.40. The number of amides is 3. The summed E-state index contributed by atoms with van der Waals surface area (Å²) >= 11 is 12.7. The monoisotopic (exact) mass is 597 g/mol. The van der Waals surface area contributed by atoms with E-state index in [4.69, 9.17) is 27.9 Å². The van der Waals surface area contributed by atoms with E-state index in [0.717, 1.165) is 24.0 Å². The average molecular weight is 598 g/mol. The van der Waals surface area contributed by atoms with Crippen LogP contribution in [0.4, 0.5) is 4.79 Å². The van der Waals surface area contributed by atoms with E-state index < -0.39 is 36.0 Å². The largest absolute Gasteiger partial charge is 0.497 e. The van der Waals surface area contributed by atoms with Crippen LogP contribution in [0.5, 0.6) is 5.75 Å². The molecule has 4 rings (SSSR count). The number of aliphatic carboxylic acids is 1. The summed E-state index contributed by atoms with van der Waals surface area (Å²) in [4.78, 5) is 50.1. The maximum absolute atomic E-state index is 13.0. The molecule has 4 N–H and O–H groups in total. The molecule has 2 unspecified atom stereocenters. The van der Waals surface area contributed by atoms with E-state index in [1.165, 1.54) is 17.7 Å². The number of methoxy groups -OCH3 is 1. The Kier molecular flexibility index (Phi) is 9.86. The number of carboxylic acid groups (broad SMARTS) is 1. The van der Waals surface area contributed by atoms with Crippen molar-refractivity contribution in [3.05, 3.63) is 98.5 Å². The molecular weight excluding hydrogens is 569 g/mol. The molecule has 11 heteroatoms. The summed E-state index contributed by atoms with van der Waals surface area (Å²) in [5, 5.41) is 17.7. The SMILES string of the molecule is COc1cccc(CNC(=O)c2cc(Cl)c(C(=O)CC(CNC(=O)NC3CCc4ccccc43)C(=O)O)c(Cl)c2)c1. The van der Waals surface area contributed by atoms with Crippen LogP contribution in [0.2, 0.25) is 10.0 Å².